The van der Waals surface area contributed by atoms with Gasteiger partial charge in [-0.05, 0) is 42.5 Å². The van der Waals surface area contributed by atoms with Gasteiger partial charge in [-0.3, -0.25) is 4.99 Å². The number of alkyl halides is 5. The number of rotatable bonds is 4. The molecule has 1 aliphatic rings. The summed E-state index contributed by atoms with van der Waals surface area (Å²) in [5, 5.41) is 0. The molecular formula is C19H18F6N2O2. The Hall–Kier alpha value is -2.65. The molecule has 1 aliphatic carbocycles. The third-order valence-corrected chi connectivity index (χ3v) is 4.72. The quantitative estimate of drug-likeness (QED) is 0.668. The maximum absolute atomic E-state index is 14.6. The number of benzene rings is 1. The van der Waals surface area contributed by atoms with E-state index in [0.717, 1.165) is 10.8 Å². The highest BCUT2D eigenvalue weighted by Gasteiger charge is 2.33. The van der Waals surface area contributed by atoms with Crippen molar-refractivity contribution in [3.8, 4) is 11.5 Å². The smallest absolute Gasteiger partial charge is 0.417 e. The second-order valence-corrected chi connectivity index (χ2v) is 6.59. The molecule has 1 unspecified atom stereocenters. The summed E-state index contributed by atoms with van der Waals surface area (Å²) >= 11 is 0. The van der Waals surface area contributed by atoms with E-state index in [-0.39, 0.29) is 11.2 Å². The van der Waals surface area contributed by atoms with E-state index in [2.05, 4.69) is 9.73 Å². The van der Waals surface area contributed by atoms with Crippen LogP contribution in [0.15, 0.2) is 29.4 Å². The van der Waals surface area contributed by atoms with E-state index in [1.54, 1.807) is 6.07 Å². The standard InChI is InChI=1S/C19H18F6N2O2/c1-27-9-10(19(23,24)25)8-15(29-18(21)22)17(27)26-13-5-3-4-12-11(13)6-7-14(28-2)16(12)20/h6-9,13,18H,3-5H2,1-2H3. The van der Waals surface area contributed by atoms with E-state index in [4.69, 9.17) is 4.74 Å². The second kappa shape index (κ2) is 8.00. The van der Waals surface area contributed by atoms with Crippen LogP contribution in [0.1, 0.15) is 35.6 Å². The van der Waals surface area contributed by atoms with Crippen molar-refractivity contribution >= 4 is 0 Å². The van der Waals surface area contributed by atoms with E-state index < -0.39 is 36.0 Å². The first kappa shape index (κ1) is 21.1. The third kappa shape index (κ3) is 4.35. The fourth-order valence-corrected chi connectivity index (χ4v) is 3.43. The van der Waals surface area contributed by atoms with Crippen LogP contribution in [-0.2, 0) is 19.6 Å². The minimum Gasteiger partial charge on any atom is -0.494 e. The molecule has 1 heterocycles. The van der Waals surface area contributed by atoms with Crippen LogP contribution in [0, 0.1) is 5.82 Å². The molecule has 29 heavy (non-hydrogen) atoms. The Morgan fingerprint density at radius 2 is 1.93 bits per heavy atom. The molecule has 1 aromatic carbocycles. The summed E-state index contributed by atoms with van der Waals surface area (Å²) < 4.78 is 89.6. The zero-order valence-electron chi connectivity index (χ0n) is 15.6. The van der Waals surface area contributed by atoms with Gasteiger partial charge in [0.15, 0.2) is 22.8 Å². The first-order valence-electron chi connectivity index (χ1n) is 8.73. The van der Waals surface area contributed by atoms with Gasteiger partial charge >= 0.3 is 12.8 Å². The van der Waals surface area contributed by atoms with Crippen LogP contribution in [0.3, 0.4) is 0 Å². The maximum Gasteiger partial charge on any atom is 0.417 e. The Kier molecular flexibility index (Phi) is 5.81. The lowest BCUT2D eigenvalue weighted by molar-refractivity contribution is -0.138. The minimum atomic E-state index is -4.74. The van der Waals surface area contributed by atoms with Gasteiger partial charge in [0.1, 0.15) is 0 Å². The van der Waals surface area contributed by atoms with E-state index >= 15 is 0 Å². The minimum absolute atomic E-state index is 0.0752. The number of hydrogen-bond acceptors (Lipinski definition) is 3. The number of pyridine rings is 1. The van der Waals surface area contributed by atoms with Crippen molar-refractivity contribution in [3.05, 3.63) is 52.4 Å². The molecule has 158 valence electrons. The number of ether oxygens (including phenoxy) is 2. The molecule has 0 N–H and O–H groups in total. The van der Waals surface area contributed by atoms with Crippen molar-refractivity contribution in [2.45, 2.75) is 38.1 Å². The second-order valence-electron chi connectivity index (χ2n) is 6.59. The molecule has 1 atom stereocenters. The number of fused-ring (bicyclic) bond motifs is 1. The molecule has 0 amide bonds. The van der Waals surface area contributed by atoms with Crippen LogP contribution in [0.25, 0.3) is 0 Å². The normalized spacial score (nSPS) is 17.4. The maximum atomic E-state index is 14.6. The van der Waals surface area contributed by atoms with Gasteiger partial charge in [-0.25, -0.2) is 4.39 Å². The Labute approximate surface area is 162 Å². The summed E-state index contributed by atoms with van der Waals surface area (Å²) in [5.41, 5.74) is -0.394. The largest absolute Gasteiger partial charge is 0.494 e. The van der Waals surface area contributed by atoms with Crippen LogP contribution in [0.5, 0.6) is 11.5 Å². The lowest BCUT2D eigenvalue weighted by Crippen LogP contribution is -2.26. The number of nitrogens with zero attached hydrogens (tertiary/aromatic N) is 2. The van der Waals surface area contributed by atoms with Gasteiger partial charge in [0.05, 0.1) is 18.7 Å². The van der Waals surface area contributed by atoms with Gasteiger partial charge in [-0.2, -0.15) is 22.0 Å². The predicted molar refractivity (Wildman–Crippen MR) is 91.2 cm³/mol. The molecule has 1 aromatic heterocycles. The molecule has 0 saturated heterocycles. The molecule has 0 bridgehead atoms. The number of aryl methyl sites for hydroxylation is 1. The first-order valence-corrected chi connectivity index (χ1v) is 8.73. The summed E-state index contributed by atoms with van der Waals surface area (Å²) in [5.74, 6) is -1.14. The Balaban J connectivity index is 2.15. The van der Waals surface area contributed by atoms with Crippen molar-refractivity contribution in [2.24, 2.45) is 12.0 Å². The summed E-state index contributed by atoms with van der Waals surface area (Å²) in [6, 6.07) is 2.93. The van der Waals surface area contributed by atoms with Gasteiger partial charge < -0.3 is 14.0 Å². The molecule has 4 nitrogen and oxygen atoms in total. The van der Waals surface area contributed by atoms with Crippen LogP contribution < -0.4 is 15.0 Å². The van der Waals surface area contributed by atoms with Gasteiger partial charge in [0.25, 0.3) is 0 Å². The molecule has 0 spiro atoms. The molecular weight excluding hydrogens is 402 g/mol. The van der Waals surface area contributed by atoms with Crippen LogP contribution >= 0.6 is 0 Å². The fraction of sp³-hybridized carbons (Fsp3) is 0.421. The molecule has 0 radical (unpaired) electrons. The Morgan fingerprint density at radius 3 is 2.55 bits per heavy atom. The number of methoxy groups -OCH3 is 1. The Bertz CT molecular complexity index is 968. The van der Waals surface area contributed by atoms with Gasteiger partial charge in [0.2, 0.25) is 0 Å². The lowest BCUT2D eigenvalue weighted by atomic mass is 9.87. The molecule has 0 aliphatic heterocycles. The van der Waals surface area contributed by atoms with Gasteiger partial charge in [-0.15, -0.1) is 0 Å². The molecule has 3 rings (SSSR count). The predicted octanol–water partition coefficient (Wildman–Crippen LogP) is 4.77. The Morgan fingerprint density at radius 1 is 1.21 bits per heavy atom. The van der Waals surface area contributed by atoms with Crippen molar-refractivity contribution in [2.75, 3.05) is 7.11 Å². The van der Waals surface area contributed by atoms with E-state index in [1.807, 2.05) is 0 Å². The zero-order valence-corrected chi connectivity index (χ0v) is 15.6. The average molecular weight is 420 g/mol. The first-order chi connectivity index (χ1) is 13.6. The highest BCUT2D eigenvalue weighted by atomic mass is 19.4. The summed E-state index contributed by atoms with van der Waals surface area (Å²) in [6.07, 6.45) is -2.50. The van der Waals surface area contributed by atoms with Gasteiger partial charge in [0, 0.05) is 13.2 Å². The van der Waals surface area contributed by atoms with Crippen molar-refractivity contribution in [3.63, 3.8) is 0 Å². The molecule has 2 aromatic rings. The zero-order chi connectivity index (χ0) is 21.3. The SMILES string of the molecule is COc1ccc2c(c1F)CCCC2N=c1c(OC(F)F)cc(C(F)(F)F)cn1C. The van der Waals surface area contributed by atoms with Crippen molar-refractivity contribution < 1.29 is 35.8 Å². The number of halogens is 6. The van der Waals surface area contributed by atoms with E-state index in [0.29, 0.717) is 36.5 Å². The topological polar surface area (TPSA) is 35.8 Å². The van der Waals surface area contributed by atoms with Crippen LogP contribution in [0.4, 0.5) is 26.3 Å². The van der Waals surface area contributed by atoms with Crippen LogP contribution in [-0.4, -0.2) is 18.3 Å². The number of hydrogen-bond donors (Lipinski definition) is 0. The van der Waals surface area contributed by atoms with Crippen molar-refractivity contribution in [1.29, 1.82) is 0 Å². The lowest BCUT2D eigenvalue weighted by Gasteiger charge is -2.24. The molecule has 10 heteroatoms. The number of aromatic nitrogens is 1. The third-order valence-electron chi connectivity index (χ3n) is 4.72. The molecule has 0 saturated carbocycles. The summed E-state index contributed by atoms with van der Waals surface area (Å²) in [4.78, 5) is 4.36. The van der Waals surface area contributed by atoms with Crippen LogP contribution in [0.2, 0.25) is 0 Å². The highest BCUT2D eigenvalue weighted by molar-refractivity contribution is 5.41. The van der Waals surface area contributed by atoms with Gasteiger partial charge in [-0.1, -0.05) is 6.07 Å². The molecule has 0 fully saturated rings. The van der Waals surface area contributed by atoms with E-state index in [1.165, 1.54) is 20.2 Å². The summed E-state index contributed by atoms with van der Waals surface area (Å²) in [7, 11) is 2.59. The average Bonchev–Trinajstić information content (AvgIpc) is 2.63. The van der Waals surface area contributed by atoms with E-state index in [9.17, 15) is 26.3 Å². The fourth-order valence-electron chi connectivity index (χ4n) is 3.43. The van der Waals surface area contributed by atoms with Crippen molar-refractivity contribution in [1.82, 2.24) is 4.57 Å². The monoisotopic (exact) mass is 420 g/mol. The summed E-state index contributed by atoms with van der Waals surface area (Å²) in [6.45, 7) is -3.33. The highest BCUT2D eigenvalue weighted by Crippen LogP contribution is 2.37.